The first kappa shape index (κ1) is 18.0. The molecule has 3 rings (SSSR count). The number of rotatable bonds is 4. The molecule has 1 aromatic carbocycles. The molecule has 0 spiro atoms. The highest BCUT2D eigenvalue weighted by atomic mass is 35.7. The fourth-order valence-electron chi connectivity index (χ4n) is 2.61. The summed E-state index contributed by atoms with van der Waals surface area (Å²) < 4.78 is 63.5. The Morgan fingerprint density at radius 2 is 1.96 bits per heavy atom. The van der Waals surface area contributed by atoms with Crippen LogP contribution in [0.4, 0.5) is 19.1 Å². The molecule has 0 amide bonds. The molecule has 25 heavy (non-hydrogen) atoms. The summed E-state index contributed by atoms with van der Waals surface area (Å²) in [6.45, 7) is 1.67. The summed E-state index contributed by atoms with van der Waals surface area (Å²) in [5.41, 5.74) is 1.32. The molecule has 1 aliphatic rings. The van der Waals surface area contributed by atoms with Crippen molar-refractivity contribution in [3.63, 3.8) is 0 Å². The molecule has 11 heteroatoms. The van der Waals surface area contributed by atoms with E-state index in [9.17, 15) is 21.6 Å². The van der Waals surface area contributed by atoms with E-state index in [1.807, 2.05) is 0 Å². The van der Waals surface area contributed by atoms with E-state index in [0.717, 1.165) is 17.5 Å². The van der Waals surface area contributed by atoms with E-state index in [1.165, 1.54) is 13.1 Å². The third kappa shape index (κ3) is 3.45. The van der Waals surface area contributed by atoms with Gasteiger partial charge in [-0.25, -0.2) is 8.42 Å². The minimum absolute atomic E-state index is 0.0986. The molecule has 136 valence electrons. The number of halogens is 4. The summed E-state index contributed by atoms with van der Waals surface area (Å²) in [5, 5.41) is 6.01. The van der Waals surface area contributed by atoms with Crippen LogP contribution in [0, 0.1) is 6.92 Å². The zero-order valence-electron chi connectivity index (χ0n) is 13.2. The number of nitrogens with zero attached hydrogens (tertiary/aromatic N) is 3. The van der Waals surface area contributed by atoms with Crippen molar-refractivity contribution in [3.8, 4) is 5.69 Å². The molecular formula is C14H14ClF3N4O2S. The van der Waals surface area contributed by atoms with Crippen LogP contribution in [-0.2, 0) is 15.2 Å². The Balaban J connectivity index is 2.23. The second-order valence-electron chi connectivity index (χ2n) is 5.81. The van der Waals surface area contributed by atoms with Crippen LogP contribution in [0.25, 0.3) is 5.69 Å². The average molecular weight is 395 g/mol. The lowest BCUT2D eigenvalue weighted by Crippen LogP contribution is -2.10. The number of aryl methyl sites for hydroxylation is 1. The highest BCUT2D eigenvalue weighted by Crippen LogP contribution is 2.45. The molecule has 1 saturated carbocycles. The van der Waals surface area contributed by atoms with Crippen LogP contribution in [-0.4, -0.2) is 30.2 Å². The third-order valence-electron chi connectivity index (χ3n) is 3.92. The minimum atomic E-state index is -4.72. The van der Waals surface area contributed by atoms with Crippen molar-refractivity contribution in [1.82, 2.24) is 14.8 Å². The van der Waals surface area contributed by atoms with Crippen LogP contribution in [0.2, 0.25) is 0 Å². The Bertz CT molecular complexity index is 936. The number of benzene rings is 1. The molecule has 0 unspecified atom stereocenters. The standard InChI is InChI=1S/C14H14ClF3N4O2S/c1-7-5-9(8-3-4-8)11(25(15,23)24)6-10(7)22-13(19-2)20-12(21-22)14(16,17)18/h5-6,8H,3-4H2,1-2H3,(H,19,20,21). The van der Waals surface area contributed by atoms with Gasteiger partial charge in [0.15, 0.2) is 0 Å². The first-order valence-corrected chi connectivity index (χ1v) is 9.65. The zero-order chi connectivity index (χ0) is 18.6. The van der Waals surface area contributed by atoms with Gasteiger partial charge in [0, 0.05) is 17.7 Å². The van der Waals surface area contributed by atoms with Crippen molar-refractivity contribution in [3.05, 3.63) is 29.1 Å². The molecular weight excluding hydrogens is 381 g/mol. The van der Waals surface area contributed by atoms with Crippen LogP contribution in [0.5, 0.6) is 0 Å². The second kappa shape index (κ2) is 5.87. The van der Waals surface area contributed by atoms with Gasteiger partial charge >= 0.3 is 6.18 Å². The van der Waals surface area contributed by atoms with Crippen LogP contribution in [0.1, 0.15) is 35.7 Å². The monoisotopic (exact) mass is 394 g/mol. The summed E-state index contributed by atoms with van der Waals surface area (Å²) in [5.74, 6) is -1.38. The Kier molecular flexibility index (Phi) is 4.23. The molecule has 0 atom stereocenters. The quantitative estimate of drug-likeness (QED) is 0.804. The van der Waals surface area contributed by atoms with Gasteiger partial charge in [0.1, 0.15) is 0 Å². The van der Waals surface area contributed by atoms with E-state index in [0.29, 0.717) is 11.1 Å². The molecule has 6 nitrogen and oxygen atoms in total. The van der Waals surface area contributed by atoms with Gasteiger partial charge in [0.2, 0.25) is 5.95 Å². The van der Waals surface area contributed by atoms with Gasteiger partial charge in [0.25, 0.3) is 14.9 Å². The number of hydrogen-bond donors (Lipinski definition) is 1. The lowest BCUT2D eigenvalue weighted by atomic mass is 10.1. The molecule has 1 aromatic heterocycles. The topological polar surface area (TPSA) is 76.9 Å². The van der Waals surface area contributed by atoms with Crippen LogP contribution in [0.15, 0.2) is 17.0 Å². The maximum Gasteiger partial charge on any atom is 0.453 e. The molecule has 0 bridgehead atoms. The number of nitrogens with one attached hydrogen (secondary N) is 1. The summed E-state index contributed by atoms with van der Waals surface area (Å²) >= 11 is 0. The van der Waals surface area contributed by atoms with Crippen molar-refractivity contribution in [1.29, 1.82) is 0 Å². The minimum Gasteiger partial charge on any atom is -0.357 e. The van der Waals surface area contributed by atoms with Gasteiger partial charge in [-0.3, -0.25) is 0 Å². The SMILES string of the molecule is CNc1nc(C(F)(F)F)nn1-c1cc(S(=O)(=O)Cl)c(C2CC2)cc1C. The van der Waals surface area contributed by atoms with Gasteiger partial charge in [-0.1, -0.05) is 6.07 Å². The van der Waals surface area contributed by atoms with Crippen LogP contribution < -0.4 is 5.32 Å². The molecule has 1 heterocycles. The van der Waals surface area contributed by atoms with Gasteiger partial charge in [-0.2, -0.15) is 22.8 Å². The zero-order valence-corrected chi connectivity index (χ0v) is 14.8. The van der Waals surface area contributed by atoms with Crippen LogP contribution >= 0.6 is 10.7 Å². The molecule has 1 fully saturated rings. The normalized spacial score (nSPS) is 15.4. The highest BCUT2D eigenvalue weighted by Gasteiger charge is 2.38. The first-order valence-electron chi connectivity index (χ1n) is 7.34. The van der Waals surface area contributed by atoms with Gasteiger partial charge in [-0.05, 0) is 42.9 Å². The maximum absolute atomic E-state index is 12.9. The molecule has 0 saturated heterocycles. The number of alkyl halides is 3. The molecule has 0 radical (unpaired) electrons. The number of hydrogen-bond acceptors (Lipinski definition) is 5. The summed E-state index contributed by atoms with van der Waals surface area (Å²) in [6, 6.07) is 2.89. The summed E-state index contributed by atoms with van der Waals surface area (Å²) in [6.07, 6.45) is -3.02. The summed E-state index contributed by atoms with van der Waals surface area (Å²) in [4.78, 5) is 3.30. The largest absolute Gasteiger partial charge is 0.453 e. The maximum atomic E-state index is 12.9. The van der Waals surface area contributed by atoms with E-state index in [2.05, 4.69) is 15.4 Å². The van der Waals surface area contributed by atoms with Crippen molar-refractivity contribution < 1.29 is 21.6 Å². The lowest BCUT2D eigenvalue weighted by Gasteiger charge is -2.13. The smallest absolute Gasteiger partial charge is 0.357 e. The Hall–Kier alpha value is -1.81. The molecule has 1 aliphatic carbocycles. The highest BCUT2D eigenvalue weighted by molar-refractivity contribution is 8.13. The second-order valence-corrected chi connectivity index (χ2v) is 8.34. The fraction of sp³-hybridized carbons (Fsp3) is 0.429. The van der Waals surface area contributed by atoms with Crippen LogP contribution in [0.3, 0.4) is 0 Å². The Morgan fingerprint density at radius 3 is 2.44 bits per heavy atom. The molecule has 2 aromatic rings. The van der Waals surface area contributed by atoms with Crippen molar-refractivity contribution in [2.45, 2.75) is 36.8 Å². The van der Waals surface area contributed by atoms with E-state index >= 15 is 0 Å². The predicted molar refractivity (Wildman–Crippen MR) is 85.7 cm³/mol. The van der Waals surface area contributed by atoms with Gasteiger partial charge in [0.05, 0.1) is 10.6 Å². The third-order valence-corrected chi connectivity index (χ3v) is 5.30. The van der Waals surface area contributed by atoms with Crippen molar-refractivity contribution >= 4 is 25.7 Å². The van der Waals surface area contributed by atoms with E-state index in [4.69, 9.17) is 10.7 Å². The predicted octanol–water partition coefficient (Wildman–Crippen LogP) is 3.44. The molecule has 1 N–H and O–H groups in total. The van der Waals surface area contributed by atoms with Crippen molar-refractivity contribution in [2.24, 2.45) is 0 Å². The average Bonchev–Trinajstić information content (AvgIpc) is 3.23. The number of anilines is 1. The van der Waals surface area contributed by atoms with Crippen molar-refractivity contribution in [2.75, 3.05) is 12.4 Å². The first-order chi connectivity index (χ1) is 11.5. The molecule has 0 aliphatic heterocycles. The Labute approximate surface area is 146 Å². The fourth-order valence-corrected chi connectivity index (χ4v) is 3.77. The summed E-state index contributed by atoms with van der Waals surface area (Å²) in [7, 11) is 2.87. The van der Waals surface area contributed by atoms with Gasteiger partial charge in [-0.15, -0.1) is 5.10 Å². The van der Waals surface area contributed by atoms with Gasteiger partial charge < -0.3 is 5.32 Å². The van der Waals surface area contributed by atoms with E-state index in [-0.39, 0.29) is 22.4 Å². The van der Waals surface area contributed by atoms with E-state index < -0.39 is 21.1 Å². The lowest BCUT2D eigenvalue weighted by molar-refractivity contribution is -0.144. The Morgan fingerprint density at radius 1 is 1.32 bits per heavy atom. The number of aromatic nitrogens is 3. The van der Waals surface area contributed by atoms with E-state index in [1.54, 1.807) is 13.0 Å².